The van der Waals surface area contributed by atoms with E-state index < -0.39 is 5.97 Å². The van der Waals surface area contributed by atoms with Crippen molar-refractivity contribution in [2.45, 2.75) is 6.42 Å². The van der Waals surface area contributed by atoms with Gasteiger partial charge in [-0.15, -0.1) is 0 Å². The van der Waals surface area contributed by atoms with Gasteiger partial charge in [-0.05, 0) is 30.2 Å². The Balaban J connectivity index is 2.13. The Kier molecular flexibility index (Phi) is 2.78. The normalized spacial score (nSPS) is 13.3. The first-order valence-electron chi connectivity index (χ1n) is 6.11. The first-order valence-corrected chi connectivity index (χ1v) is 6.11. The third kappa shape index (κ3) is 1.95. The summed E-state index contributed by atoms with van der Waals surface area (Å²) in [7, 11) is 0. The lowest BCUT2D eigenvalue weighted by Gasteiger charge is -2.20. The average molecular weight is 273 g/mol. The van der Waals surface area contributed by atoms with Gasteiger partial charge in [-0.1, -0.05) is 6.07 Å². The van der Waals surface area contributed by atoms with Crippen LogP contribution in [0.4, 0.5) is 21.6 Å². The Bertz CT molecular complexity index is 703. The van der Waals surface area contributed by atoms with Crippen LogP contribution in [0.1, 0.15) is 15.9 Å². The van der Waals surface area contributed by atoms with Gasteiger partial charge in [-0.25, -0.2) is 14.2 Å². The molecular formula is C14H12FN3O2. The Hall–Kier alpha value is -2.63. The number of hydrogen-bond acceptors (Lipinski definition) is 4. The summed E-state index contributed by atoms with van der Waals surface area (Å²) in [6.45, 7) is 0.565. The number of carboxylic acids is 1. The van der Waals surface area contributed by atoms with Crippen LogP contribution in [0.25, 0.3) is 0 Å². The highest BCUT2D eigenvalue weighted by Gasteiger charge is 2.26. The van der Waals surface area contributed by atoms with Crippen molar-refractivity contribution in [1.29, 1.82) is 0 Å². The highest BCUT2D eigenvalue weighted by Crippen LogP contribution is 2.35. The highest BCUT2D eigenvalue weighted by atomic mass is 19.1. The number of halogens is 1. The quantitative estimate of drug-likeness (QED) is 0.876. The Morgan fingerprint density at radius 1 is 1.40 bits per heavy atom. The molecule has 6 heteroatoms. The van der Waals surface area contributed by atoms with Gasteiger partial charge in [0.15, 0.2) is 0 Å². The molecule has 0 spiro atoms. The summed E-state index contributed by atoms with van der Waals surface area (Å²) in [5.74, 6) is -1.18. The number of carboxylic acid groups (broad SMARTS) is 1. The van der Waals surface area contributed by atoms with E-state index in [0.717, 1.165) is 12.0 Å². The molecule has 0 bridgehead atoms. The molecule has 2 aromatic rings. The molecule has 20 heavy (non-hydrogen) atoms. The number of nitrogens with zero attached hydrogens (tertiary/aromatic N) is 2. The third-order valence-corrected chi connectivity index (χ3v) is 3.32. The number of carbonyl (C=O) groups is 1. The minimum atomic E-state index is -1.11. The summed E-state index contributed by atoms with van der Waals surface area (Å²) >= 11 is 0. The summed E-state index contributed by atoms with van der Waals surface area (Å²) in [6, 6.07) is 5.87. The van der Waals surface area contributed by atoms with Gasteiger partial charge in [-0.3, -0.25) is 0 Å². The molecule has 5 nitrogen and oxygen atoms in total. The summed E-state index contributed by atoms with van der Waals surface area (Å²) < 4.78 is 13.4. The Labute approximate surface area is 114 Å². The van der Waals surface area contributed by atoms with Gasteiger partial charge in [0.1, 0.15) is 17.2 Å². The number of rotatable bonds is 2. The molecule has 2 heterocycles. The van der Waals surface area contributed by atoms with E-state index in [2.05, 4.69) is 4.98 Å². The monoisotopic (exact) mass is 273 g/mol. The van der Waals surface area contributed by atoms with Crippen LogP contribution in [-0.4, -0.2) is 22.6 Å². The largest absolute Gasteiger partial charge is 0.478 e. The predicted molar refractivity (Wildman–Crippen MR) is 72.7 cm³/mol. The zero-order valence-corrected chi connectivity index (χ0v) is 10.5. The van der Waals surface area contributed by atoms with E-state index in [4.69, 9.17) is 5.73 Å². The lowest BCUT2D eigenvalue weighted by atomic mass is 10.1. The highest BCUT2D eigenvalue weighted by molar-refractivity contribution is 5.95. The second kappa shape index (κ2) is 4.48. The average Bonchev–Trinajstić information content (AvgIpc) is 2.81. The van der Waals surface area contributed by atoms with E-state index in [9.17, 15) is 14.3 Å². The molecule has 0 saturated carbocycles. The van der Waals surface area contributed by atoms with Crippen molar-refractivity contribution >= 4 is 23.2 Å². The van der Waals surface area contributed by atoms with Crippen molar-refractivity contribution in [2.24, 2.45) is 0 Å². The van der Waals surface area contributed by atoms with Crippen molar-refractivity contribution in [3.05, 3.63) is 47.4 Å². The minimum absolute atomic E-state index is 0.0158. The molecule has 0 saturated heterocycles. The summed E-state index contributed by atoms with van der Waals surface area (Å²) in [4.78, 5) is 17.1. The maximum absolute atomic E-state index is 13.4. The first-order chi connectivity index (χ1) is 9.56. The van der Waals surface area contributed by atoms with Crippen molar-refractivity contribution in [3.63, 3.8) is 0 Å². The third-order valence-electron chi connectivity index (χ3n) is 3.32. The van der Waals surface area contributed by atoms with Gasteiger partial charge in [0.2, 0.25) is 0 Å². The molecule has 3 N–H and O–H groups in total. The van der Waals surface area contributed by atoms with Crippen LogP contribution in [-0.2, 0) is 6.42 Å². The first kappa shape index (κ1) is 12.4. The number of hydrogen-bond donors (Lipinski definition) is 2. The second-order valence-electron chi connectivity index (χ2n) is 4.62. The van der Waals surface area contributed by atoms with Crippen molar-refractivity contribution < 1.29 is 14.3 Å². The SMILES string of the molecule is Nc1cnc(N2CCc3ccc(F)cc32)c(C(=O)O)c1. The molecule has 0 aliphatic carbocycles. The summed E-state index contributed by atoms with van der Waals surface area (Å²) in [6.07, 6.45) is 2.12. The van der Waals surface area contributed by atoms with Crippen molar-refractivity contribution in [1.82, 2.24) is 4.98 Å². The van der Waals surface area contributed by atoms with Crippen molar-refractivity contribution in [3.8, 4) is 0 Å². The van der Waals surface area contributed by atoms with Gasteiger partial charge in [-0.2, -0.15) is 0 Å². The molecule has 0 amide bonds. The van der Waals surface area contributed by atoms with E-state index in [1.54, 1.807) is 11.0 Å². The minimum Gasteiger partial charge on any atom is -0.478 e. The van der Waals surface area contributed by atoms with Crippen molar-refractivity contribution in [2.75, 3.05) is 17.2 Å². The van der Waals surface area contributed by atoms with Gasteiger partial charge in [0, 0.05) is 12.2 Å². The number of aromatic carboxylic acids is 1. The molecule has 1 aromatic heterocycles. The van der Waals surface area contributed by atoms with Crippen LogP contribution < -0.4 is 10.6 Å². The molecule has 0 atom stereocenters. The van der Waals surface area contributed by atoms with Crippen LogP contribution in [0.5, 0.6) is 0 Å². The molecule has 102 valence electrons. The topological polar surface area (TPSA) is 79.5 Å². The van der Waals surface area contributed by atoms with Crippen LogP contribution in [0, 0.1) is 5.82 Å². The lowest BCUT2D eigenvalue weighted by Crippen LogP contribution is -2.19. The van der Waals surface area contributed by atoms with Gasteiger partial charge >= 0.3 is 5.97 Å². The number of anilines is 3. The molecule has 3 rings (SSSR count). The van der Waals surface area contributed by atoms with Crippen LogP contribution in [0.3, 0.4) is 0 Å². The zero-order valence-electron chi connectivity index (χ0n) is 10.5. The molecule has 0 radical (unpaired) electrons. The smallest absolute Gasteiger partial charge is 0.339 e. The standard InChI is InChI=1S/C14H12FN3O2/c15-9-2-1-8-3-4-18(12(8)5-9)13-11(14(19)20)6-10(16)7-17-13/h1-2,5-7H,3-4,16H2,(H,19,20). The lowest BCUT2D eigenvalue weighted by molar-refractivity contribution is 0.0697. The Morgan fingerprint density at radius 2 is 2.20 bits per heavy atom. The van der Waals surface area contributed by atoms with Gasteiger partial charge < -0.3 is 15.7 Å². The fourth-order valence-corrected chi connectivity index (χ4v) is 2.42. The maximum Gasteiger partial charge on any atom is 0.339 e. The fourth-order valence-electron chi connectivity index (χ4n) is 2.42. The predicted octanol–water partition coefficient (Wildman–Crippen LogP) is 2.20. The van der Waals surface area contributed by atoms with E-state index in [-0.39, 0.29) is 22.9 Å². The number of pyridine rings is 1. The molecule has 0 fully saturated rings. The second-order valence-corrected chi connectivity index (χ2v) is 4.62. The van der Waals surface area contributed by atoms with E-state index in [0.29, 0.717) is 12.2 Å². The molecule has 1 aromatic carbocycles. The van der Waals surface area contributed by atoms with E-state index in [1.165, 1.54) is 24.4 Å². The fraction of sp³-hybridized carbons (Fsp3) is 0.143. The molecular weight excluding hydrogens is 261 g/mol. The number of nitrogen functional groups attached to an aromatic ring is 1. The Morgan fingerprint density at radius 3 is 2.95 bits per heavy atom. The number of aromatic nitrogens is 1. The van der Waals surface area contributed by atoms with Gasteiger partial charge in [0.25, 0.3) is 0 Å². The van der Waals surface area contributed by atoms with Crippen LogP contribution in [0.15, 0.2) is 30.5 Å². The zero-order chi connectivity index (χ0) is 14.3. The van der Waals surface area contributed by atoms with Crippen LogP contribution in [0.2, 0.25) is 0 Å². The molecule has 1 aliphatic rings. The summed E-state index contributed by atoms with van der Waals surface area (Å²) in [5, 5.41) is 9.26. The molecule has 1 aliphatic heterocycles. The number of fused-ring (bicyclic) bond motifs is 1. The maximum atomic E-state index is 13.4. The number of nitrogens with two attached hydrogens (primary N) is 1. The summed E-state index contributed by atoms with van der Waals surface area (Å²) in [5.41, 5.74) is 7.51. The molecule has 0 unspecified atom stereocenters. The number of benzene rings is 1. The van der Waals surface area contributed by atoms with Gasteiger partial charge in [0.05, 0.1) is 11.9 Å². The van der Waals surface area contributed by atoms with E-state index >= 15 is 0 Å². The van der Waals surface area contributed by atoms with Crippen LogP contribution >= 0.6 is 0 Å². The van der Waals surface area contributed by atoms with E-state index in [1.807, 2.05) is 0 Å².